The summed E-state index contributed by atoms with van der Waals surface area (Å²) >= 11 is 0. The molecule has 7 heteroatoms. The van der Waals surface area contributed by atoms with E-state index in [2.05, 4.69) is 15.4 Å². The summed E-state index contributed by atoms with van der Waals surface area (Å²) in [6.07, 6.45) is 1.46. The molecule has 0 bridgehead atoms. The van der Waals surface area contributed by atoms with Gasteiger partial charge in [-0.1, -0.05) is 0 Å². The van der Waals surface area contributed by atoms with Gasteiger partial charge in [0.15, 0.2) is 0 Å². The first kappa shape index (κ1) is 12.5. The van der Waals surface area contributed by atoms with E-state index in [9.17, 15) is 9.59 Å². The lowest BCUT2D eigenvalue weighted by Gasteiger charge is -2.40. The van der Waals surface area contributed by atoms with Gasteiger partial charge in [0.25, 0.3) is 0 Å². The molecule has 1 aromatic heterocycles. The van der Waals surface area contributed by atoms with Crippen LogP contribution >= 0.6 is 0 Å². The molecule has 18 heavy (non-hydrogen) atoms. The van der Waals surface area contributed by atoms with Gasteiger partial charge in [-0.2, -0.15) is 5.10 Å². The molecule has 0 radical (unpaired) electrons. The Labute approximate surface area is 105 Å². The highest BCUT2D eigenvalue weighted by atomic mass is 16.2. The lowest BCUT2D eigenvalue weighted by atomic mass is 9.98. The van der Waals surface area contributed by atoms with Crippen molar-refractivity contribution in [1.29, 1.82) is 0 Å². The number of hydrogen-bond acceptors (Lipinski definition) is 4. The van der Waals surface area contributed by atoms with Gasteiger partial charge >= 0.3 is 0 Å². The van der Waals surface area contributed by atoms with Crippen LogP contribution < -0.4 is 5.32 Å². The number of aromatic nitrogens is 3. The minimum Gasteiger partial charge on any atom is -0.345 e. The van der Waals surface area contributed by atoms with Gasteiger partial charge in [-0.3, -0.25) is 9.59 Å². The average Bonchev–Trinajstić information content (AvgIpc) is 2.77. The van der Waals surface area contributed by atoms with E-state index in [0.717, 1.165) is 0 Å². The fourth-order valence-corrected chi connectivity index (χ4v) is 2.00. The minimum atomic E-state index is -0.861. The largest absolute Gasteiger partial charge is 0.345 e. The summed E-state index contributed by atoms with van der Waals surface area (Å²) < 4.78 is 1.72. The Bertz CT molecular complexity index is 480. The molecule has 0 aliphatic carbocycles. The Kier molecular flexibility index (Phi) is 3.06. The highest BCUT2D eigenvalue weighted by Gasteiger charge is 2.42. The van der Waals surface area contributed by atoms with Crippen molar-refractivity contribution in [3.63, 3.8) is 0 Å². The van der Waals surface area contributed by atoms with E-state index in [1.54, 1.807) is 23.4 Å². The molecular formula is C11H17N5O2. The van der Waals surface area contributed by atoms with Crippen molar-refractivity contribution in [2.24, 2.45) is 0 Å². The van der Waals surface area contributed by atoms with Crippen molar-refractivity contribution < 1.29 is 9.59 Å². The molecule has 0 spiro atoms. The first-order valence-corrected chi connectivity index (χ1v) is 5.92. The smallest absolute Gasteiger partial charge is 0.245 e. The average molecular weight is 251 g/mol. The van der Waals surface area contributed by atoms with Crippen LogP contribution in [0.15, 0.2) is 6.33 Å². The fourth-order valence-electron chi connectivity index (χ4n) is 2.00. The molecule has 1 saturated heterocycles. The standard InChI is InChI=1S/C11H17N5O2/c1-4-16-8(13-7-14-16)6-15-9(17)5-12-10(18)11(15,2)3/h7H,4-6H2,1-3H3,(H,12,18). The zero-order valence-corrected chi connectivity index (χ0v) is 10.8. The molecule has 2 heterocycles. The van der Waals surface area contributed by atoms with Gasteiger partial charge in [-0.25, -0.2) is 9.67 Å². The van der Waals surface area contributed by atoms with Gasteiger partial charge in [-0.15, -0.1) is 0 Å². The van der Waals surface area contributed by atoms with Crippen LogP contribution in [0.2, 0.25) is 0 Å². The highest BCUT2D eigenvalue weighted by Crippen LogP contribution is 2.20. The number of nitrogens with one attached hydrogen (secondary N) is 1. The summed E-state index contributed by atoms with van der Waals surface area (Å²) in [5, 5.41) is 6.65. The molecule has 1 aromatic rings. The van der Waals surface area contributed by atoms with E-state index in [1.807, 2.05) is 6.92 Å². The Morgan fingerprint density at radius 3 is 2.83 bits per heavy atom. The monoisotopic (exact) mass is 251 g/mol. The van der Waals surface area contributed by atoms with E-state index >= 15 is 0 Å². The lowest BCUT2D eigenvalue weighted by molar-refractivity contribution is -0.152. The van der Waals surface area contributed by atoms with Crippen LogP contribution in [0.4, 0.5) is 0 Å². The molecule has 2 amide bonds. The summed E-state index contributed by atoms with van der Waals surface area (Å²) in [5.74, 6) is 0.434. The van der Waals surface area contributed by atoms with E-state index in [0.29, 0.717) is 18.9 Å². The second-order valence-corrected chi connectivity index (χ2v) is 4.71. The number of carbonyl (C=O) groups excluding carboxylic acids is 2. The van der Waals surface area contributed by atoms with Crippen LogP contribution in [0.5, 0.6) is 0 Å². The van der Waals surface area contributed by atoms with E-state index in [-0.39, 0.29) is 18.4 Å². The third kappa shape index (κ3) is 1.96. The Hall–Kier alpha value is -1.92. The van der Waals surface area contributed by atoms with E-state index in [4.69, 9.17) is 0 Å². The first-order valence-electron chi connectivity index (χ1n) is 5.92. The van der Waals surface area contributed by atoms with Crippen LogP contribution in [0.1, 0.15) is 26.6 Å². The molecule has 1 N–H and O–H groups in total. The van der Waals surface area contributed by atoms with Crippen molar-refractivity contribution in [2.75, 3.05) is 6.54 Å². The SMILES string of the molecule is CCn1ncnc1CN1C(=O)CNC(=O)C1(C)C. The molecule has 1 aliphatic rings. The molecule has 0 atom stereocenters. The molecule has 0 saturated carbocycles. The Morgan fingerprint density at radius 2 is 2.17 bits per heavy atom. The minimum absolute atomic E-state index is 0.0442. The summed E-state index contributed by atoms with van der Waals surface area (Å²) in [6, 6.07) is 0. The van der Waals surface area contributed by atoms with Crippen LogP contribution in [0.3, 0.4) is 0 Å². The third-order valence-corrected chi connectivity index (χ3v) is 3.23. The van der Waals surface area contributed by atoms with Crippen LogP contribution in [-0.2, 0) is 22.7 Å². The molecule has 0 aromatic carbocycles. The van der Waals surface area contributed by atoms with Gasteiger partial charge in [-0.05, 0) is 20.8 Å². The number of carbonyl (C=O) groups is 2. The lowest BCUT2D eigenvalue weighted by Crippen LogP contribution is -2.64. The highest BCUT2D eigenvalue weighted by molar-refractivity contribution is 5.97. The quantitative estimate of drug-likeness (QED) is 0.788. The van der Waals surface area contributed by atoms with Crippen LogP contribution in [0.25, 0.3) is 0 Å². The summed E-state index contributed by atoms with van der Waals surface area (Å²) in [5.41, 5.74) is -0.861. The maximum Gasteiger partial charge on any atom is 0.245 e. The molecular weight excluding hydrogens is 234 g/mol. The predicted octanol–water partition coefficient (Wildman–Crippen LogP) is -0.465. The zero-order chi connectivity index (χ0) is 13.3. The normalized spacial score (nSPS) is 18.9. The Morgan fingerprint density at radius 1 is 1.44 bits per heavy atom. The molecule has 98 valence electrons. The molecule has 7 nitrogen and oxygen atoms in total. The van der Waals surface area contributed by atoms with Crippen molar-refractivity contribution in [3.05, 3.63) is 12.2 Å². The van der Waals surface area contributed by atoms with E-state index in [1.165, 1.54) is 6.33 Å². The number of aryl methyl sites for hydroxylation is 1. The van der Waals surface area contributed by atoms with Crippen molar-refractivity contribution in [1.82, 2.24) is 25.0 Å². The summed E-state index contributed by atoms with van der Waals surface area (Å²) in [6.45, 7) is 6.44. The maximum absolute atomic E-state index is 11.9. The Balaban J connectivity index is 2.25. The second kappa shape index (κ2) is 4.40. The van der Waals surface area contributed by atoms with Crippen molar-refractivity contribution >= 4 is 11.8 Å². The topological polar surface area (TPSA) is 80.1 Å². The number of nitrogens with zero attached hydrogens (tertiary/aromatic N) is 4. The van der Waals surface area contributed by atoms with Crippen molar-refractivity contribution in [3.8, 4) is 0 Å². The second-order valence-electron chi connectivity index (χ2n) is 4.71. The number of amides is 2. The molecule has 2 rings (SSSR count). The summed E-state index contributed by atoms with van der Waals surface area (Å²) in [4.78, 5) is 29.4. The zero-order valence-electron chi connectivity index (χ0n) is 10.8. The number of piperazine rings is 1. The fraction of sp³-hybridized carbons (Fsp3) is 0.636. The maximum atomic E-state index is 11.9. The van der Waals surface area contributed by atoms with Crippen LogP contribution in [-0.4, -0.2) is 43.6 Å². The number of hydrogen-bond donors (Lipinski definition) is 1. The van der Waals surface area contributed by atoms with Gasteiger partial charge in [0, 0.05) is 6.54 Å². The molecule has 1 fully saturated rings. The molecule has 1 aliphatic heterocycles. The summed E-state index contributed by atoms with van der Waals surface area (Å²) in [7, 11) is 0. The first-order chi connectivity index (χ1) is 8.46. The number of rotatable bonds is 3. The van der Waals surface area contributed by atoms with E-state index < -0.39 is 5.54 Å². The van der Waals surface area contributed by atoms with Gasteiger partial charge in [0.2, 0.25) is 11.8 Å². The molecule has 0 unspecified atom stereocenters. The third-order valence-electron chi connectivity index (χ3n) is 3.23. The van der Waals surface area contributed by atoms with Gasteiger partial charge in [0.05, 0.1) is 13.1 Å². The van der Waals surface area contributed by atoms with Gasteiger partial charge < -0.3 is 10.2 Å². The van der Waals surface area contributed by atoms with Crippen molar-refractivity contribution in [2.45, 2.75) is 39.4 Å². The van der Waals surface area contributed by atoms with Crippen LogP contribution in [0, 0.1) is 0 Å². The predicted molar refractivity (Wildman–Crippen MR) is 63.3 cm³/mol. The van der Waals surface area contributed by atoms with Gasteiger partial charge in [0.1, 0.15) is 17.7 Å².